The monoisotopic (exact) mass is 249 g/mol. The topological polar surface area (TPSA) is 57.6 Å². The number of hydrogen-bond donors (Lipinski definition) is 1. The van der Waals surface area contributed by atoms with Crippen LogP contribution in [0.2, 0.25) is 0 Å². The zero-order chi connectivity index (χ0) is 13.5. The maximum atomic E-state index is 12.1. The summed E-state index contributed by atoms with van der Waals surface area (Å²) in [4.78, 5) is 24.7. The summed E-state index contributed by atoms with van der Waals surface area (Å²) >= 11 is 0. The smallest absolute Gasteiger partial charge is 0.316 e. The Kier molecular flexibility index (Phi) is 5.36. The molecule has 0 saturated heterocycles. The minimum Gasteiger partial charge on any atom is -0.481 e. The molecule has 4 heteroatoms. The number of carboxylic acid groups (broad SMARTS) is 1. The number of benzene rings is 1. The van der Waals surface area contributed by atoms with E-state index in [-0.39, 0.29) is 5.91 Å². The molecule has 1 amide bonds. The first-order chi connectivity index (χ1) is 8.60. The van der Waals surface area contributed by atoms with E-state index in [1.807, 2.05) is 37.3 Å². The maximum Gasteiger partial charge on any atom is 0.316 e. The average molecular weight is 249 g/mol. The quantitative estimate of drug-likeness (QED) is 0.786. The van der Waals surface area contributed by atoms with Crippen LogP contribution < -0.4 is 0 Å². The molecule has 0 aromatic heterocycles. The summed E-state index contributed by atoms with van der Waals surface area (Å²) < 4.78 is 0. The highest BCUT2D eigenvalue weighted by Gasteiger charge is 2.28. The third-order valence-corrected chi connectivity index (χ3v) is 2.91. The lowest BCUT2D eigenvalue weighted by molar-refractivity contribution is -0.151. The first kappa shape index (κ1) is 14.2. The Morgan fingerprint density at radius 2 is 1.83 bits per heavy atom. The fourth-order valence-electron chi connectivity index (χ4n) is 1.82. The van der Waals surface area contributed by atoms with Crippen molar-refractivity contribution in [2.24, 2.45) is 5.92 Å². The van der Waals surface area contributed by atoms with Crippen molar-refractivity contribution in [2.75, 3.05) is 6.54 Å². The van der Waals surface area contributed by atoms with E-state index in [1.165, 1.54) is 0 Å². The van der Waals surface area contributed by atoms with E-state index in [1.54, 1.807) is 11.8 Å². The minimum absolute atomic E-state index is 0.309. The molecular weight excluding hydrogens is 230 g/mol. The molecule has 0 saturated carbocycles. The van der Waals surface area contributed by atoms with Gasteiger partial charge in [0.25, 0.3) is 0 Å². The second-order valence-corrected chi connectivity index (χ2v) is 4.14. The Labute approximate surface area is 107 Å². The number of amides is 1. The summed E-state index contributed by atoms with van der Waals surface area (Å²) in [5.41, 5.74) is 1.01. The van der Waals surface area contributed by atoms with Gasteiger partial charge in [0.05, 0.1) is 0 Å². The second-order valence-electron chi connectivity index (χ2n) is 4.14. The molecule has 0 heterocycles. The highest BCUT2D eigenvalue weighted by atomic mass is 16.4. The Hall–Kier alpha value is -1.84. The van der Waals surface area contributed by atoms with E-state index in [0.717, 1.165) is 5.56 Å². The molecule has 0 radical (unpaired) electrons. The number of carboxylic acids is 1. The molecule has 4 nitrogen and oxygen atoms in total. The molecule has 18 heavy (non-hydrogen) atoms. The van der Waals surface area contributed by atoms with Crippen LogP contribution in [-0.2, 0) is 16.1 Å². The molecule has 0 spiro atoms. The summed E-state index contributed by atoms with van der Waals surface area (Å²) in [5.74, 6) is -2.29. The van der Waals surface area contributed by atoms with Gasteiger partial charge in [-0.25, -0.2) is 0 Å². The Morgan fingerprint density at radius 1 is 1.22 bits per heavy atom. The fraction of sp³-hybridized carbons (Fsp3) is 0.429. The van der Waals surface area contributed by atoms with Gasteiger partial charge >= 0.3 is 5.97 Å². The molecule has 1 unspecified atom stereocenters. The molecule has 0 aliphatic heterocycles. The molecule has 0 aliphatic carbocycles. The zero-order valence-corrected chi connectivity index (χ0v) is 10.8. The van der Waals surface area contributed by atoms with Gasteiger partial charge in [0, 0.05) is 13.1 Å². The van der Waals surface area contributed by atoms with Crippen LogP contribution in [0.1, 0.15) is 25.8 Å². The fourth-order valence-corrected chi connectivity index (χ4v) is 1.82. The van der Waals surface area contributed by atoms with Crippen LogP contribution in [-0.4, -0.2) is 28.4 Å². The van der Waals surface area contributed by atoms with Crippen molar-refractivity contribution in [3.8, 4) is 0 Å². The molecule has 0 bridgehead atoms. The van der Waals surface area contributed by atoms with Gasteiger partial charge in [-0.15, -0.1) is 0 Å². The normalized spacial score (nSPS) is 11.9. The third-order valence-electron chi connectivity index (χ3n) is 2.91. The molecule has 1 atom stereocenters. The van der Waals surface area contributed by atoms with E-state index >= 15 is 0 Å². The molecule has 1 N–H and O–H groups in total. The summed E-state index contributed by atoms with van der Waals surface area (Å²) in [7, 11) is 0. The maximum absolute atomic E-state index is 12.1. The number of aliphatic carboxylic acids is 1. The van der Waals surface area contributed by atoms with Gasteiger partial charge in [-0.05, 0) is 18.9 Å². The summed E-state index contributed by atoms with van der Waals surface area (Å²) in [5, 5.41) is 9.01. The van der Waals surface area contributed by atoms with Crippen LogP contribution in [0.3, 0.4) is 0 Å². The Bertz CT molecular complexity index is 403. The van der Waals surface area contributed by atoms with Crippen LogP contribution in [0.25, 0.3) is 0 Å². The highest BCUT2D eigenvalue weighted by Crippen LogP contribution is 2.12. The molecule has 0 fully saturated rings. The van der Waals surface area contributed by atoms with Crippen LogP contribution in [0, 0.1) is 5.92 Å². The lowest BCUT2D eigenvalue weighted by Crippen LogP contribution is -2.38. The van der Waals surface area contributed by atoms with Crippen molar-refractivity contribution in [3.63, 3.8) is 0 Å². The zero-order valence-electron chi connectivity index (χ0n) is 10.8. The molecule has 98 valence electrons. The molecule has 0 aliphatic rings. The van der Waals surface area contributed by atoms with Gasteiger partial charge in [0.1, 0.15) is 5.92 Å². The first-order valence-electron chi connectivity index (χ1n) is 6.15. The second kappa shape index (κ2) is 6.79. The van der Waals surface area contributed by atoms with Gasteiger partial charge in [0.15, 0.2) is 0 Å². The Balaban J connectivity index is 2.77. The first-order valence-corrected chi connectivity index (χ1v) is 6.15. The number of carbonyl (C=O) groups is 2. The van der Waals surface area contributed by atoms with Crippen LogP contribution >= 0.6 is 0 Å². The van der Waals surface area contributed by atoms with Crippen molar-refractivity contribution in [2.45, 2.75) is 26.8 Å². The SMILES string of the molecule is CCC(C(=O)O)C(=O)N(CC)Cc1ccccc1. The van der Waals surface area contributed by atoms with E-state index in [9.17, 15) is 9.59 Å². The van der Waals surface area contributed by atoms with Crippen molar-refractivity contribution >= 4 is 11.9 Å². The van der Waals surface area contributed by atoms with Gasteiger partial charge in [-0.2, -0.15) is 0 Å². The third kappa shape index (κ3) is 3.58. The lowest BCUT2D eigenvalue weighted by Gasteiger charge is -2.24. The van der Waals surface area contributed by atoms with E-state index in [2.05, 4.69) is 0 Å². The standard InChI is InChI=1S/C14H19NO3/c1-3-12(14(17)18)13(16)15(4-2)10-11-8-6-5-7-9-11/h5-9,12H,3-4,10H2,1-2H3,(H,17,18). The van der Waals surface area contributed by atoms with Crippen molar-refractivity contribution in [1.29, 1.82) is 0 Å². The van der Waals surface area contributed by atoms with Gasteiger partial charge in [-0.1, -0.05) is 37.3 Å². The minimum atomic E-state index is -1.05. The highest BCUT2D eigenvalue weighted by molar-refractivity contribution is 5.96. The molecular formula is C14H19NO3. The van der Waals surface area contributed by atoms with E-state index in [4.69, 9.17) is 5.11 Å². The number of hydrogen-bond acceptors (Lipinski definition) is 2. The van der Waals surface area contributed by atoms with E-state index < -0.39 is 11.9 Å². The summed E-state index contributed by atoms with van der Waals surface area (Å²) in [6, 6.07) is 9.58. The molecule has 1 aromatic rings. The van der Waals surface area contributed by atoms with Crippen molar-refractivity contribution in [3.05, 3.63) is 35.9 Å². The largest absolute Gasteiger partial charge is 0.481 e. The number of carbonyl (C=O) groups excluding carboxylic acids is 1. The van der Waals surface area contributed by atoms with E-state index in [0.29, 0.717) is 19.5 Å². The summed E-state index contributed by atoms with van der Waals surface area (Å²) in [6.45, 7) is 4.54. The lowest BCUT2D eigenvalue weighted by atomic mass is 10.0. The number of nitrogens with zero attached hydrogens (tertiary/aromatic N) is 1. The predicted molar refractivity (Wildman–Crippen MR) is 68.9 cm³/mol. The van der Waals surface area contributed by atoms with Gasteiger partial charge < -0.3 is 10.0 Å². The van der Waals surface area contributed by atoms with Crippen LogP contribution in [0.4, 0.5) is 0 Å². The average Bonchev–Trinajstić information content (AvgIpc) is 2.37. The van der Waals surface area contributed by atoms with Crippen LogP contribution in [0.15, 0.2) is 30.3 Å². The van der Waals surface area contributed by atoms with Gasteiger partial charge in [-0.3, -0.25) is 9.59 Å². The van der Waals surface area contributed by atoms with Crippen molar-refractivity contribution < 1.29 is 14.7 Å². The Morgan fingerprint density at radius 3 is 2.28 bits per heavy atom. The molecule has 1 aromatic carbocycles. The van der Waals surface area contributed by atoms with Crippen LogP contribution in [0.5, 0.6) is 0 Å². The molecule has 1 rings (SSSR count). The van der Waals surface area contributed by atoms with Crippen molar-refractivity contribution in [1.82, 2.24) is 4.90 Å². The predicted octanol–water partition coefficient (Wildman–Crippen LogP) is 2.15. The summed E-state index contributed by atoms with van der Waals surface area (Å²) in [6.07, 6.45) is 0.319. The van der Waals surface area contributed by atoms with Gasteiger partial charge in [0.2, 0.25) is 5.91 Å². The number of rotatable bonds is 6.